The Morgan fingerprint density at radius 1 is 1.33 bits per heavy atom. The zero-order chi connectivity index (χ0) is 10.7. The molecule has 1 aromatic carbocycles. The predicted molar refractivity (Wildman–Crippen MR) is 53.7 cm³/mol. The van der Waals surface area contributed by atoms with Gasteiger partial charge >= 0.3 is 0 Å². The van der Waals surface area contributed by atoms with Crippen LogP contribution in [0.4, 0.5) is 0 Å². The molecule has 0 bridgehead atoms. The Morgan fingerprint density at radius 3 is 2.73 bits per heavy atom. The first-order valence-corrected chi connectivity index (χ1v) is 4.56. The second-order valence-corrected chi connectivity index (χ2v) is 3.11. The van der Waals surface area contributed by atoms with Crippen LogP contribution in [0.1, 0.15) is 11.9 Å². The van der Waals surface area contributed by atoms with Gasteiger partial charge in [0.1, 0.15) is 6.04 Å². The van der Waals surface area contributed by atoms with Gasteiger partial charge in [0.05, 0.1) is 6.61 Å². The van der Waals surface area contributed by atoms with E-state index < -0.39 is 6.04 Å². The fourth-order valence-electron chi connectivity index (χ4n) is 1.17. The van der Waals surface area contributed by atoms with Crippen LogP contribution >= 0.6 is 0 Å². The van der Waals surface area contributed by atoms with Gasteiger partial charge in [-0.2, -0.15) is 4.98 Å². The van der Waals surface area contributed by atoms with E-state index in [0.29, 0.717) is 5.82 Å². The Balaban J connectivity index is 2.28. The molecule has 0 fully saturated rings. The summed E-state index contributed by atoms with van der Waals surface area (Å²) in [6.07, 6.45) is 0. The van der Waals surface area contributed by atoms with Crippen molar-refractivity contribution in [2.24, 2.45) is 5.73 Å². The lowest BCUT2D eigenvalue weighted by Gasteiger charge is -1.98. The average Bonchev–Trinajstić information content (AvgIpc) is 2.78. The zero-order valence-corrected chi connectivity index (χ0v) is 8.00. The van der Waals surface area contributed by atoms with Crippen molar-refractivity contribution in [3.05, 3.63) is 36.2 Å². The number of rotatable bonds is 3. The van der Waals surface area contributed by atoms with E-state index in [9.17, 15) is 0 Å². The first-order valence-electron chi connectivity index (χ1n) is 4.56. The smallest absolute Gasteiger partial charge is 0.246 e. The molecule has 1 aromatic heterocycles. The summed E-state index contributed by atoms with van der Waals surface area (Å²) >= 11 is 0. The van der Waals surface area contributed by atoms with Gasteiger partial charge < -0.3 is 15.4 Å². The van der Waals surface area contributed by atoms with E-state index in [4.69, 9.17) is 15.4 Å². The van der Waals surface area contributed by atoms with Crippen molar-refractivity contribution >= 4 is 0 Å². The van der Waals surface area contributed by atoms with E-state index in [1.54, 1.807) is 0 Å². The number of nitrogens with zero attached hydrogens (tertiary/aromatic N) is 2. The Morgan fingerprint density at radius 2 is 2.07 bits per heavy atom. The maximum absolute atomic E-state index is 8.82. The van der Waals surface area contributed by atoms with Crippen LogP contribution in [0.3, 0.4) is 0 Å². The molecule has 0 amide bonds. The maximum Gasteiger partial charge on any atom is 0.246 e. The van der Waals surface area contributed by atoms with Gasteiger partial charge in [-0.05, 0) is 0 Å². The van der Waals surface area contributed by atoms with Crippen molar-refractivity contribution in [3.8, 4) is 11.4 Å². The van der Waals surface area contributed by atoms with E-state index in [1.807, 2.05) is 30.3 Å². The Kier molecular flexibility index (Phi) is 2.75. The normalized spacial score (nSPS) is 12.7. The van der Waals surface area contributed by atoms with Crippen LogP contribution in [0, 0.1) is 0 Å². The molecule has 5 heteroatoms. The molecule has 15 heavy (non-hydrogen) atoms. The minimum atomic E-state index is -0.616. The molecular weight excluding hydrogens is 194 g/mol. The first-order chi connectivity index (χ1) is 7.31. The van der Waals surface area contributed by atoms with Crippen LogP contribution in [0.25, 0.3) is 11.4 Å². The molecule has 78 valence electrons. The molecule has 0 spiro atoms. The van der Waals surface area contributed by atoms with Gasteiger partial charge in [0.25, 0.3) is 0 Å². The third kappa shape index (κ3) is 2.03. The van der Waals surface area contributed by atoms with Gasteiger partial charge in [-0.15, -0.1) is 0 Å². The van der Waals surface area contributed by atoms with Crippen molar-refractivity contribution in [2.45, 2.75) is 6.04 Å². The number of aliphatic hydroxyl groups is 1. The minimum absolute atomic E-state index is 0.212. The fourth-order valence-corrected chi connectivity index (χ4v) is 1.17. The van der Waals surface area contributed by atoms with Gasteiger partial charge in [-0.1, -0.05) is 35.5 Å². The second-order valence-electron chi connectivity index (χ2n) is 3.11. The number of aliphatic hydroxyl groups excluding tert-OH is 1. The summed E-state index contributed by atoms with van der Waals surface area (Å²) in [7, 11) is 0. The van der Waals surface area contributed by atoms with Gasteiger partial charge in [0.15, 0.2) is 0 Å². The Labute approximate surface area is 86.5 Å². The van der Waals surface area contributed by atoms with Crippen LogP contribution in [0.2, 0.25) is 0 Å². The van der Waals surface area contributed by atoms with E-state index in [0.717, 1.165) is 5.56 Å². The summed E-state index contributed by atoms with van der Waals surface area (Å²) in [5, 5.41) is 12.6. The number of aromatic nitrogens is 2. The lowest BCUT2D eigenvalue weighted by molar-refractivity contribution is 0.237. The molecule has 3 N–H and O–H groups in total. The Bertz CT molecular complexity index is 427. The SMILES string of the molecule is N[C@H](CO)c1nc(-c2ccccc2)no1. The molecule has 0 aliphatic rings. The lowest BCUT2D eigenvalue weighted by atomic mass is 10.2. The standard InChI is InChI=1S/C10H11N3O2/c11-8(6-14)10-12-9(13-15-10)7-4-2-1-3-5-7/h1-5,8,14H,6,11H2/t8-/m1/s1. The van der Waals surface area contributed by atoms with Gasteiger partial charge in [0, 0.05) is 5.56 Å². The molecule has 0 aliphatic carbocycles. The van der Waals surface area contributed by atoms with E-state index in [2.05, 4.69) is 10.1 Å². The summed E-state index contributed by atoms with van der Waals surface area (Å²) in [5.74, 6) is 0.728. The molecule has 0 saturated carbocycles. The quantitative estimate of drug-likeness (QED) is 0.771. The van der Waals surface area contributed by atoms with Crippen molar-refractivity contribution < 1.29 is 9.63 Å². The summed E-state index contributed by atoms with van der Waals surface area (Å²) < 4.78 is 4.93. The van der Waals surface area contributed by atoms with Gasteiger partial charge in [-0.25, -0.2) is 0 Å². The summed E-state index contributed by atoms with van der Waals surface area (Å²) in [4.78, 5) is 4.09. The largest absolute Gasteiger partial charge is 0.394 e. The number of hydrogen-bond donors (Lipinski definition) is 2. The lowest BCUT2D eigenvalue weighted by Crippen LogP contribution is -2.14. The molecule has 1 atom stereocenters. The van der Waals surface area contributed by atoms with Crippen molar-refractivity contribution in [1.82, 2.24) is 10.1 Å². The highest BCUT2D eigenvalue weighted by Gasteiger charge is 2.14. The molecule has 2 aromatic rings. The maximum atomic E-state index is 8.82. The summed E-state index contributed by atoms with van der Waals surface area (Å²) in [5.41, 5.74) is 6.40. The highest BCUT2D eigenvalue weighted by molar-refractivity contribution is 5.53. The molecule has 0 saturated heterocycles. The highest BCUT2D eigenvalue weighted by Crippen LogP contribution is 2.16. The monoisotopic (exact) mass is 205 g/mol. The predicted octanol–water partition coefficient (Wildman–Crippen LogP) is 0.729. The molecule has 5 nitrogen and oxygen atoms in total. The molecular formula is C10H11N3O2. The number of hydrogen-bond acceptors (Lipinski definition) is 5. The molecule has 0 aliphatic heterocycles. The molecule has 0 radical (unpaired) electrons. The van der Waals surface area contributed by atoms with Crippen molar-refractivity contribution in [3.63, 3.8) is 0 Å². The van der Waals surface area contributed by atoms with Crippen molar-refractivity contribution in [1.29, 1.82) is 0 Å². The Hall–Kier alpha value is -1.72. The van der Waals surface area contributed by atoms with Crippen LogP contribution in [0.15, 0.2) is 34.9 Å². The minimum Gasteiger partial charge on any atom is -0.394 e. The second kappa shape index (κ2) is 4.20. The topological polar surface area (TPSA) is 85.2 Å². The van der Waals surface area contributed by atoms with Gasteiger partial charge in [0.2, 0.25) is 11.7 Å². The zero-order valence-electron chi connectivity index (χ0n) is 8.00. The first kappa shape index (κ1) is 9.82. The van der Waals surface area contributed by atoms with E-state index >= 15 is 0 Å². The van der Waals surface area contributed by atoms with Crippen LogP contribution in [-0.2, 0) is 0 Å². The summed E-state index contributed by atoms with van der Waals surface area (Å²) in [6.45, 7) is -0.212. The number of benzene rings is 1. The highest BCUT2D eigenvalue weighted by atomic mass is 16.5. The average molecular weight is 205 g/mol. The van der Waals surface area contributed by atoms with E-state index in [-0.39, 0.29) is 12.5 Å². The van der Waals surface area contributed by atoms with E-state index in [1.165, 1.54) is 0 Å². The van der Waals surface area contributed by atoms with Crippen molar-refractivity contribution in [2.75, 3.05) is 6.61 Å². The van der Waals surface area contributed by atoms with Crippen LogP contribution in [0.5, 0.6) is 0 Å². The third-order valence-electron chi connectivity index (χ3n) is 1.99. The fraction of sp³-hybridized carbons (Fsp3) is 0.200. The molecule has 2 rings (SSSR count). The molecule has 1 heterocycles. The van der Waals surface area contributed by atoms with Crippen LogP contribution in [-0.4, -0.2) is 21.9 Å². The van der Waals surface area contributed by atoms with Crippen LogP contribution < -0.4 is 5.73 Å². The third-order valence-corrected chi connectivity index (χ3v) is 1.99. The molecule has 0 unspecified atom stereocenters. The summed E-state index contributed by atoms with van der Waals surface area (Å²) in [6, 6.07) is 8.81. The number of nitrogens with two attached hydrogens (primary N) is 1. The van der Waals surface area contributed by atoms with Gasteiger partial charge in [-0.3, -0.25) is 0 Å².